The molecule has 0 N–H and O–H groups in total. The molecule has 0 radical (unpaired) electrons. The Hall–Kier alpha value is -1.52. The second-order valence-corrected chi connectivity index (χ2v) is 4.92. The number of hydrogen-bond donors (Lipinski definition) is 0. The van der Waals surface area contributed by atoms with E-state index in [1.807, 2.05) is 20.8 Å². The SMILES string of the molecule is CC(C)(C)c1cccc2oc(C(F)(F)F)nc12. The van der Waals surface area contributed by atoms with Crippen molar-refractivity contribution in [1.29, 1.82) is 0 Å². The molecule has 0 saturated carbocycles. The molecule has 2 nitrogen and oxygen atoms in total. The molecule has 0 atom stereocenters. The molecule has 1 aromatic carbocycles. The predicted octanol–water partition coefficient (Wildman–Crippen LogP) is 4.14. The lowest BCUT2D eigenvalue weighted by Crippen LogP contribution is -2.12. The Kier molecular flexibility index (Phi) is 2.45. The van der Waals surface area contributed by atoms with Crippen LogP contribution >= 0.6 is 0 Å². The lowest BCUT2D eigenvalue weighted by Gasteiger charge is -2.18. The van der Waals surface area contributed by atoms with E-state index in [0.717, 1.165) is 5.56 Å². The van der Waals surface area contributed by atoms with Crippen LogP contribution in [0.4, 0.5) is 13.2 Å². The summed E-state index contributed by atoms with van der Waals surface area (Å²) >= 11 is 0. The number of rotatable bonds is 0. The molecule has 17 heavy (non-hydrogen) atoms. The van der Waals surface area contributed by atoms with E-state index in [1.165, 1.54) is 6.07 Å². The van der Waals surface area contributed by atoms with Gasteiger partial charge in [-0.25, -0.2) is 4.98 Å². The van der Waals surface area contributed by atoms with Gasteiger partial charge in [0.25, 0.3) is 0 Å². The second kappa shape index (κ2) is 3.48. The Morgan fingerprint density at radius 1 is 1.12 bits per heavy atom. The van der Waals surface area contributed by atoms with Crippen LogP contribution in [0.1, 0.15) is 32.2 Å². The van der Waals surface area contributed by atoms with Gasteiger partial charge >= 0.3 is 12.1 Å². The van der Waals surface area contributed by atoms with Crippen LogP contribution in [-0.2, 0) is 11.6 Å². The summed E-state index contributed by atoms with van der Waals surface area (Å²) in [7, 11) is 0. The first-order valence-corrected chi connectivity index (χ1v) is 5.17. The molecular weight excluding hydrogens is 231 g/mol. The maximum Gasteiger partial charge on any atom is 0.468 e. The van der Waals surface area contributed by atoms with Crippen LogP contribution in [0.2, 0.25) is 0 Å². The fourth-order valence-corrected chi connectivity index (χ4v) is 1.67. The fourth-order valence-electron chi connectivity index (χ4n) is 1.67. The van der Waals surface area contributed by atoms with E-state index >= 15 is 0 Å². The van der Waals surface area contributed by atoms with Crippen molar-refractivity contribution in [2.24, 2.45) is 0 Å². The molecule has 1 heterocycles. The minimum atomic E-state index is -4.55. The molecule has 92 valence electrons. The summed E-state index contributed by atoms with van der Waals surface area (Å²) < 4.78 is 42.2. The first-order chi connectivity index (χ1) is 7.69. The van der Waals surface area contributed by atoms with Crippen LogP contribution in [0, 0.1) is 0 Å². The van der Waals surface area contributed by atoms with Gasteiger partial charge in [0.05, 0.1) is 0 Å². The average molecular weight is 243 g/mol. The summed E-state index contributed by atoms with van der Waals surface area (Å²) in [6.07, 6.45) is -4.55. The van der Waals surface area contributed by atoms with E-state index in [2.05, 4.69) is 4.98 Å². The first-order valence-electron chi connectivity index (χ1n) is 5.17. The van der Waals surface area contributed by atoms with Gasteiger partial charge in [-0.1, -0.05) is 32.9 Å². The Balaban J connectivity index is 2.70. The van der Waals surface area contributed by atoms with Gasteiger partial charge in [-0.2, -0.15) is 13.2 Å². The van der Waals surface area contributed by atoms with Crippen LogP contribution in [0.3, 0.4) is 0 Å². The van der Waals surface area contributed by atoms with Crippen molar-refractivity contribution < 1.29 is 17.6 Å². The lowest BCUT2D eigenvalue weighted by molar-refractivity contribution is -0.156. The molecule has 0 aliphatic heterocycles. The number of halogens is 3. The molecule has 0 saturated heterocycles. The van der Waals surface area contributed by atoms with Crippen LogP contribution in [-0.4, -0.2) is 4.98 Å². The fraction of sp³-hybridized carbons (Fsp3) is 0.417. The Morgan fingerprint density at radius 3 is 2.29 bits per heavy atom. The first kappa shape index (κ1) is 12.0. The number of aromatic nitrogens is 1. The number of fused-ring (bicyclic) bond motifs is 1. The summed E-state index contributed by atoms with van der Waals surface area (Å²) in [4.78, 5) is 3.56. The molecule has 0 spiro atoms. The largest absolute Gasteiger partial charge is 0.468 e. The predicted molar refractivity (Wildman–Crippen MR) is 57.7 cm³/mol. The zero-order valence-corrected chi connectivity index (χ0v) is 9.72. The number of nitrogens with zero attached hydrogens (tertiary/aromatic N) is 1. The van der Waals surface area contributed by atoms with E-state index in [-0.39, 0.29) is 16.5 Å². The van der Waals surface area contributed by atoms with Crippen molar-refractivity contribution in [1.82, 2.24) is 4.98 Å². The number of para-hydroxylation sites is 1. The van der Waals surface area contributed by atoms with E-state index in [1.54, 1.807) is 12.1 Å². The molecule has 2 rings (SSSR count). The molecule has 5 heteroatoms. The third kappa shape index (κ3) is 2.14. The summed E-state index contributed by atoms with van der Waals surface area (Å²) in [5.74, 6) is -1.19. The average Bonchev–Trinajstić information content (AvgIpc) is 2.57. The highest BCUT2D eigenvalue weighted by molar-refractivity contribution is 5.77. The number of benzene rings is 1. The standard InChI is InChI=1S/C12H12F3NO/c1-11(2,3)7-5-4-6-8-9(7)16-10(17-8)12(13,14)15/h4-6H,1-3H3. The zero-order chi connectivity index (χ0) is 12.8. The van der Waals surface area contributed by atoms with Crippen LogP contribution in [0.5, 0.6) is 0 Å². The van der Waals surface area contributed by atoms with E-state index < -0.39 is 12.1 Å². The van der Waals surface area contributed by atoms with Crippen molar-refractivity contribution in [2.75, 3.05) is 0 Å². The van der Waals surface area contributed by atoms with E-state index in [9.17, 15) is 13.2 Å². The molecule has 0 aliphatic rings. The topological polar surface area (TPSA) is 26.0 Å². The van der Waals surface area contributed by atoms with Gasteiger partial charge in [0.1, 0.15) is 5.52 Å². The number of hydrogen-bond acceptors (Lipinski definition) is 2. The second-order valence-electron chi connectivity index (χ2n) is 4.92. The highest BCUT2D eigenvalue weighted by atomic mass is 19.4. The van der Waals surface area contributed by atoms with E-state index in [4.69, 9.17) is 4.42 Å². The van der Waals surface area contributed by atoms with Gasteiger partial charge in [0.2, 0.25) is 0 Å². The van der Waals surface area contributed by atoms with Gasteiger partial charge in [0, 0.05) is 0 Å². The third-order valence-electron chi connectivity index (χ3n) is 2.47. The van der Waals surface area contributed by atoms with Crippen molar-refractivity contribution in [3.8, 4) is 0 Å². The van der Waals surface area contributed by atoms with E-state index in [0.29, 0.717) is 0 Å². The molecule has 0 aliphatic carbocycles. The minimum absolute atomic E-state index is 0.171. The Morgan fingerprint density at radius 2 is 1.76 bits per heavy atom. The van der Waals surface area contributed by atoms with Crippen molar-refractivity contribution in [3.63, 3.8) is 0 Å². The van der Waals surface area contributed by atoms with Crippen molar-refractivity contribution in [3.05, 3.63) is 29.7 Å². The van der Waals surface area contributed by atoms with Gasteiger partial charge in [-0.05, 0) is 17.0 Å². The van der Waals surface area contributed by atoms with Crippen LogP contribution < -0.4 is 0 Å². The Bertz CT molecular complexity index is 549. The maximum atomic E-state index is 12.5. The van der Waals surface area contributed by atoms with Crippen molar-refractivity contribution in [2.45, 2.75) is 32.4 Å². The van der Waals surface area contributed by atoms with Gasteiger partial charge in [-0.15, -0.1) is 0 Å². The monoisotopic (exact) mass is 243 g/mol. The normalized spacial score (nSPS) is 13.3. The van der Waals surface area contributed by atoms with Gasteiger partial charge in [0.15, 0.2) is 5.58 Å². The number of alkyl halides is 3. The molecule has 2 aromatic rings. The van der Waals surface area contributed by atoms with Crippen LogP contribution in [0.15, 0.2) is 22.6 Å². The molecule has 0 fully saturated rings. The molecule has 0 amide bonds. The maximum absolute atomic E-state index is 12.5. The summed E-state index contributed by atoms with van der Waals surface area (Å²) in [5, 5.41) is 0. The molecule has 1 aromatic heterocycles. The van der Waals surface area contributed by atoms with Crippen LogP contribution in [0.25, 0.3) is 11.1 Å². The quantitative estimate of drug-likeness (QED) is 0.694. The summed E-state index contributed by atoms with van der Waals surface area (Å²) in [6.45, 7) is 5.76. The smallest absolute Gasteiger partial charge is 0.433 e. The number of oxazole rings is 1. The summed E-state index contributed by atoms with van der Waals surface area (Å²) in [5.41, 5.74) is 0.922. The third-order valence-corrected chi connectivity index (χ3v) is 2.47. The summed E-state index contributed by atoms with van der Waals surface area (Å²) in [6, 6.07) is 4.94. The highest BCUT2D eigenvalue weighted by Crippen LogP contribution is 2.35. The van der Waals surface area contributed by atoms with Gasteiger partial charge < -0.3 is 4.42 Å². The highest BCUT2D eigenvalue weighted by Gasteiger charge is 2.38. The molecule has 0 unspecified atom stereocenters. The Labute approximate surface area is 96.4 Å². The minimum Gasteiger partial charge on any atom is -0.433 e. The zero-order valence-electron chi connectivity index (χ0n) is 9.72. The van der Waals surface area contributed by atoms with Gasteiger partial charge in [-0.3, -0.25) is 0 Å². The van der Waals surface area contributed by atoms with Crippen molar-refractivity contribution >= 4 is 11.1 Å². The molecular formula is C12H12F3NO. The molecule has 0 bridgehead atoms. The lowest BCUT2D eigenvalue weighted by atomic mass is 9.86.